The molecular formula is C87H112Cl2F4N10O7. The molecule has 0 bridgehead atoms. The molecule has 6 aromatic carbocycles. The van der Waals surface area contributed by atoms with Crippen molar-refractivity contribution in [1.82, 2.24) is 39.2 Å². The molecule has 5 heterocycles. The Morgan fingerprint density at radius 1 is 0.436 bits per heavy atom. The van der Waals surface area contributed by atoms with Crippen molar-refractivity contribution < 1.29 is 51.1 Å². The average Bonchev–Trinajstić information content (AvgIpc) is 0.783. The van der Waals surface area contributed by atoms with Crippen LogP contribution in [-0.4, -0.2) is 192 Å². The minimum absolute atomic E-state index is 0.0204. The Hall–Kier alpha value is -7.92. The van der Waals surface area contributed by atoms with Gasteiger partial charge in [0.15, 0.2) is 0 Å². The highest BCUT2D eigenvalue weighted by Gasteiger charge is 2.44. The minimum atomic E-state index is -0.398. The van der Waals surface area contributed by atoms with E-state index in [1.807, 2.05) is 49.9 Å². The van der Waals surface area contributed by atoms with Crippen molar-refractivity contribution in [2.24, 2.45) is 46.0 Å². The summed E-state index contributed by atoms with van der Waals surface area (Å²) in [6, 6.07) is 40.9. The van der Waals surface area contributed by atoms with E-state index in [9.17, 15) is 41.9 Å². The third-order valence-electron chi connectivity index (χ3n) is 23.5. The number of piperidine rings is 2. The fourth-order valence-electron chi connectivity index (χ4n) is 17.2. The molecule has 4 N–H and O–H groups in total. The summed E-state index contributed by atoms with van der Waals surface area (Å²) in [5.41, 5.74) is 16.0. The zero-order chi connectivity index (χ0) is 79.1. The van der Waals surface area contributed by atoms with Gasteiger partial charge in [0.2, 0.25) is 29.5 Å². The second kappa shape index (κ2) is 38.5. The zero-order valence-corrected chi connectivity index (χ0v) is 66.7. The lowest BCUT2D eigenvalue weighted by molar-refractivity contribution is -0.142. The maximum atomic E-state index is 15.0. The van der Waals surface area contributed by atoms with Crippen LogP contribution >= 0.6 is 23.2 Å². The number of urea groups is 1. The summed E-state index contributed by atoms with van der Waals surface area (Å²) in [6.45, 7) is 23.3. The predicted octanol–water partition coefficient (Wildman–Crippen LogP) is 15.0. The molecule has 6 aromatic rings. The summed E-state index contributed by atoms with van der Waals surface area (Å²) in [5, 5.41) is 1.41. The molecule has 17 nitrogen and oxygen atoms in total. The molecule has 0 radical (unpaired) electrons. The first kappa shape index (κ1) is 84.5. The van der Waals surface area contributed by atoms with E-state index in [2.05, 4.69) is 80.5 Å². The lowest BCUT2D eigenvalue weighted by Crippen LogP contribution is -2.60. The van der Waals surface area contributed by atoms with Crippen LogP contribution in [0.4, 0.5) is 22.4 Å². The number of halogens is 6. The molecule has 110 heavy (non-hydrogen) atoms. The van der Waals surface area contributed by atoms with Crippen LogP contribution in [-0.2, 0) is 28.7 Å². The van der Waals surface area contributed by atoms with Gasteiger partial charge in [-0.05, 0) is 174 Å². The van der Waals surface area contributed by atoms with E-state index >= 15 is 4.39 Å². The van der Waals surface area contributed by atoms with Crippen molar-refractivity contribution >= 4 is 58.8 Å². The number of benzene rings is 6. The van der Waals surface area contributed by atoms with Gasteiger partial charge in [-0.1, -0.05) is 144 Å². The molecular weight excluding hydrogens is 1440 g/mol. The number of rotatable bonds is 18. The van der Waals surface area contributed by atoms with E-state index in [1.165, 1.54) is 42.5 Å². The van der Waals surface area contributed by atoms with E-state index in [0.717, 1.165) is 98.8 Å². The van der Waals surface area contributed by atoms with E-state index in [1.54, 1.807) is 67.5 Å². The van der Waals surface area contributed by atoms with Crippen molar-refractivity contribution in [3.05, 3.63) is 212 Å². The Kier molecular flexibility index (Phi) is 29.6. The smallest absolute Gasteiger partial charge is 0.314 e. The van der Waals surface area contributed by atoms with Gasteiger partial charge in [-0.3, -0.25) is 38.7 Å². The molecule has 1 saturated carbocycles. The van der Waals surface area contributed by atoms with Crippen molar-refractivity contribution in [3.8, 4) is 0 Å². The van der Waals surface area contributed by atoms with Crippen LogP contribution in [0.15, 0.2) is 146 Å². The molecule has 1 unspecified atom stereocenters. The van der Waals surface area contributed by atoms with Crippen LogP contribution in [0.25, 0.3) is 0 Å². The molecule has 23 heteroatoms. The fourth-order valence-corrected chi connectivity index (χ4v) is 17.5. The molecule has 1 aliphatic carbocycles. The van der Waals surface area contributed by atoms with Gasteiger partial charge in [0.25, 0.3) is 0 Å². The number of primary amides is 2. The Labute approximate surface area is 657 Å². The number of hydrogen-bond acceptors (Lipinski definition) is 10. The number of piperazine rings is 3. The lowest BCUT2D eigenvalue weighted by atomic mass is 9.79. The molecule has 0 aromatic heterocycles. The fraction of sp³-hybridized carbons (Fsp3) is 0.517. The molecule has 4 atom stereocenters. The highest BCUT2D eigenvalue weighted by molar-refractivity contribution is 6.30. The van der Waals surface area contributed by atoms with Gasteiger partial charge in [0.05, 0.1) is 30.8 Å². The zero-order valence-electron chi connectivity index (χ0n) is 65.2. The Morgan fingerprint density at radius 2 is 0.782 bits per heavy atom. The van der Waals surface area contributed by atoms with Gasteiger partial charge in [-0.25, -0.2) is 22.4 Å². The number of nitrogens with zero attached hydrogens (tertiary/aromatic N) is 8. The number of ether oxygens (including phenoxy) is 1. The molecule has 5 saturated heterocycles. The Balaban J connectivity index is 0.000000176. The van der Waals surface area contributed by atoms with Gasteiger partial charge in [-0.2, -0.15) is 0 Å². The van der Waals surface area contributed by atoms with Gasteiger partial charge in [0.1, 0.15) is 23.3 Å². The SMILES string of the molecule is CC(C)(C)[C@H]1CN(C(c2ccc(F)cc2)c2ccc(F)cc2)CCN1C(=O)CC1CCN(C(N)=O)CC1.CC(C)(C)[C@H]1CN(C(c2ccc(F)cc2)c2ccccc2F)CCN1C(=O)CC1CCC(C(N)=O)CC1.COC[C@H]1CN(C(c2ccc(Cl)cc2)c2ccc(Cl)cc2)CCN1C(=O)CC1CCN(C(C)=O)CC1. The van der Waals surface area contributed by atoms with Gasteiger partial charge in [0, 0.05) is 152 Å². The number of amides is 7. The summed E-state index contributed by atoms with van der Waals surface area (Å²) >= 11 is 12.4. The van der Waals surface area contributed by atoms with E-state index in [4.69, 9.17) is 39.4 Å². The number of methoxy groups -OCH3 is 1. The third-order valence-corrected chi connectivity index (χ3v) is 24.0. The van der Waals surface area contributed by atoms with E-state index < -0.39 is 6.03 Å². The van der Waals surface area contributed by atoms with Crippen LogP contribution in [0.5, 0.6) is 0 Å². The largest absolute Gasteiger partial charge is 0.382 e. The Morgan fingerprint density at radius 3 is 1.15 bits per heavy atom. The lowest BCUT2D eigenvalue weighted by Gasteiger charge is -2.50. The van der Waals surface area contributed by atoms with E-state index in [-0.39, 0.29) is 118 Å². The highest BCUT2D eigenvalue weighted by Crippen LogP contribution is 2.41. The van der Waals surface area contributed by atoms with Crippen LogP contribution in [0.3, 0.4) is 0 Å². The summed E-state index contributed by atoms with van der Waals surface area (Å²) < 4.78 is 61.8. The number of carbonyl (C=O) groups is 6. The molecule has 7 amide bonds. The molecule has 5 aliphatic heterocycles. The van der Waals surface area contributed by atoms with Crippen molar-refractivity contribution in [2.45, 2.75) is 155 Å². The molecule has 594 valence electrons. The maximum absolute atomic E-state index is 15.0. The first-order valence-corrected chi connectivity index (χ1v) is 39.9. The summed E-state index contributed by atoms with van der Waals surface area (Å²) in [7, 11) is 1.69. The van der Waals surface area contributed by atoms with Crippen LogP contribution in [0.1, 0.15) is 171 Å². The maximum Gasteiger partial charge on any atom is 0.314 e. The topological polar surface area (TPSA) is 190 Å². The summed E-state index contributed by atoms with van der Waals surface area (Å²) in [4.78, 5) is 91.6. The van der Waals surface area contributed by atoms with Gasteiger partial charge < -0.3 is 40.7 Å². The first-order valence-electron chi connectivity index (χ1n) is 39.1. The van der Waals surface area contributed by atoms with Crippen molar-refractivity contribution in [2.75, 3.05) is 98.8 Å². The second-order valence-corrected chi connectivity index (χ2v) is 33.9. The molecule has 6 aliphatic rings. The predicted molar refractivity (Wildman–Crippen MR) is 423 cm³/mol. The molecule has 0 spiro atoms. The monoisotopic (exact) mass is 1550 g/mol. The van der Waals surface area contributed by atoms with Crippen molar-refractivity contribution in [3.63, 3.8) is 0 Å². The van der Waals surface area contributed by atoms with Crippen molar-refractivity contribution in [1.29, 1.82) is 0 Å². The number of nitrogens with two attached hydrogens (primary N) is 2. The van der Waals surface area contributed by atoms with Crippen LogP contribution in [0.2, 0.25) is 10.0 Å². The quantitative estimate of drug-likeness (QED) is 0.0783. The van der Waals surface area contributed by atoms with Gasteiger partial charge in [-0.15, -0.1) is 0 Å². The second-order valence-electron chi connectivity index (χ2n) is 33.1. The average molecular weight is 1560 g/mol. The molecule has 6 fully saturated rings. The molecule has 12 rings (SSSR count). The number of likely N-dealkylation sites (tertiary alicyclic amines) is 2. The number of carbonyl (C=O) groups excluding carboxylic acids is 6. The third kappa shape index (κ3) is 22.5. The normalized spacial score (nSPS) is 21.2. The van der Waals surface area contributed by atoms with Crippen LogP contribution < -0.4 is 11.5 Å². The minimum Gasteiger partial charge on any atom is -0.382 e. The summed E-state index contributed by atoms with van der Waals surface area (Å²) in [5.74, 6) is -0.0952. The van der Waals surface area contributed by atoms with E-state index in [0.29, 0.717) is 113 Å². The first-order chi connectivity index (χ1) is 52.4. The highest BCUT2D eigenvalue weighted by atomic mass is 35.5. The van der Waals surface area contributed by atoms with Crippen LogP contribution in [0, 0.1) is 57.8 Å². The standard InChI is InChI=1S/C30H39F2N3O2.C29H38F2N4O2.C28H35Cl2N3O3/c1-30(2,3)26-19-34(16-17-35(26)27(36)18-20-8-10-22(11-9-20)29(33)37)28(21-12-14-23(31)15-13-21)24-6-4-5-7-25(24)32;1-29(2,3)25-19-34(16-17-35(25)26(36)18-20-12-14-33(15-13-20)28(32)37)27(21-4-8-23(30)9-5-21)22-6-10-24(31)11-7-22;1-20(34)31-13-11-21(12-14-31)17-27(35)33-16-15-32(18-26(33)19-36-2)28(22-3-7-24(29)8-4-22)23-5-9-25(30)10-6-23/h4-7,12-15,20,22,26,28H,8-11,16-19H2,1-3H3,(H2,33,37);4-11,20,25,27H,12-19H2,1-3H3,(H2,32,37);3-10,21,26,28H,11-19H2,1-2H3/t20?,22?,26-,28?;25-;26-/m111/s1. The Bertz CT molecular complexity index is 3920. The van der Waals surface area contributed by atoms with Gasteiger partial charge >= 0.3 is 6.03 Å². The number of hydrogen-bond donors (Lipinski definition) is 2. The summed E-state index contributed by atoms with van der Waals surface area (Å²) in [6.07, 6.45) is 8.02.